The van der Waals surface area contributed by atoms with Crippen molar-refractivity contribution in [1.82, 2.24) is 5.32 Å². The van der Waals surface area contributed by atoms with Crippen molar-refractivity contribution in [3.8, 4) is 0 Å². The third-order valence-electron chi connectivity index (χ3n) is 5.21. The molecule has 4 heteroatoms. The topological polar surface area (TPSA) is 50.4 Å². The molecule has 0 atom stereocenters. The second kappa shape index (κ2) is 8.18. The highest BCUT2D eigenvalue weighted by molar-refractivity contribution is 14.0. The molecule has 1 aromatic rings. The number of hydrogen-bond acceptors (Lipinski definition) is 1. The predicted molar refractivity (Wildman–Crippen MR) is 104 cm³/mol. The Morgan fingerprint density at radius 2 is 1.77 bits per heavy atom. The van der Waals surface area contributed by atoms with E-state index in [0.717, 1.165) is 6.54 Å². The van der Waals surface area contributed by atoms with Crippen LogP contribution < -0.4 is 11.1 Å². The van der Waals surface area contributed by atoms with Crippen molar-refractivity contribution in [2.45, 2.75) is 62.8 Å². The number of nitrogens with zero attached hydrogens (tertiary/aromatic N) is 1. The van der Waals surface area contributed by atoms with Gasteiger partial charge in [-0.2, -0.15) is 0 Å². The zero-order chi connectivity index (χ0) is 14.5. The minimum Gasteiger partial charge on any atom is -0.370 e. The quantitative estimate of drug-likeness (QED) is 0.446. The summed E-state index contributed by atoms with van der Waals surface area (Å²) in [5.74, 6) is 0.643. The van der Waals surface area contributed by atoms with E-state index in [1.54, 1.807) is 0 Å². The molecular weight excluding hydrogens is 385 g/mol. The minimum absolute atomic E-state index is 0. The molecule has 2 aliphatic carbocycles. The van der Waals surface area contributed by atoms with Crippen LogP contribution in [0.15, 0.2) is 35.3 Å². The number of halogens is 1. The number of guanidine groups is 1. The van der Waals surface area contributed by atoms with Crippen molar-refractivity contribution in [1.29, 1.82) is 0 Å². The zero-order valence-corrected chi connectivity index (χ0v) is 15.6. The summed E-state index contributed by atoms with van der Waals surface area (Å²) in [6, 6.07) is 11.3. The van der Waals surface area contributed by atoms with Gasteiger partial charge in [-0.15, -0.1) is 24.0 Å². The van der Waals surface area contributed by atoms with E-state index in [-0.39, 0.29) is 29.4 Å². The molecule has 0 radical (unpaired) electrons. The standard InChI is InChI=1S/C18H27N3.HI/c19-17(21-16-10-5-2-6-11-16)20-14-18(12-7-13-18)15-8-3-1-4-9-15;/h1,3-4,8-9,16H,2,5-7,10-14H2,(H3,19,20,21);1H. The second-order valence-corrected chi connectivity index (χ2v) is 6.68. The van der Waals surface area contributed by atoms with Crippen LogP contribution in [-0.4, -0.2) is 18.5 Å². The first-order chi connectivity index (χ1) is 10.3. The van der Waals surface area contributed by atoms with E-state index in [2.05, 4.69) is 40.6 Å². The third-order valence-corrected chi connectivity index (χ3v) is 5.21. The van der Waals surface area contributed by atoms with Gasteiger partial charge in [0.05, 0.1) is 6.54 Å². The highest BCUT2D eigenvalue weighted by Crippen LogP contribution is 2.43. The molecule has 2 fully saturated rings. The van der Waals surface area contributed by atoms with Gasteiger partial charge in [-0.3, -0.25) is 4.99 Å². The summed E-state index contributed by atoms with van der Waals surface area (Å²) in [6.07, 6.45) is 10.2. The maximum Gasteiger partial charge on any atom is 0.188 e. The van der Waals surface area contributed by atoms with E-state index in [1.165, 1.54) is 56.9 Å². The fourth-order valence-corrected chi connectivity index (χ4v) is 3.67. The van der Waals surface area contributed by atoms with Gasteiger partial charge in [-0.25, -0.2) is 0 Å². The summed E-state index contributed by atoms with van der Waals surface area (Å²) in [5.41, 5.74) is 7.77. The third kappa shape index (κ3) is 4.15. The molecule has 0 spiro atoms. The molecule has 0 amide bonds. The molecule has 0 aromatic heterocycles. The van der Waals surface area contributed by atoms with Crippen LogP contribution in [0.2, 0.25) is 0 Å². The fourth-order valence-electron chi connectivity index (χ4n) is 3.67. The van der Waals surface area contributed by atoms with Crippen molar-refractivity contribution < 1.29 is 0 Å². The average Bonchev–Trinajstić information content (AvgIpc) is 2.48. The first-order valence-corrected chi connectivity index (χ1v) is 8.41. The second-order valence-electron chi connectivity index (χ2n) is 6.68. The van der Waals surface area contributed by atoms with E-state index in [4.69, 9.17) is 5.73 Å². The van der Waals surface area contributed by atoms with Gasteiger partial charge in [0.2, 0.25) is 0 Å². The van der Waals surface area contributed by atoms with E-state index < -0.39 is 0 Å². The Hall–Kier alpha value is -0.780. The van der Waals surface area contributed by atoms with Crippen LogP contribution in [-0.2, 0) is 5.41 Å². The number of rotatable bonds is 4. The summed E-state index contributed by atoms with van der Waals surface area (Å²) >= 11 is 0. The van der Waals surface area contributed by atoms with Gasteiger partial charge in [0, 0.05) is 11.5 Å². The monoisotopic (exact) mass is 413 g/mol. The van der Waals surface area contributed by atoms with Crippen LogP contribution in [0.4, 0.5) is 0 Å². The van der Waals surface area contributed by atoms with E-state index in [0.29, 0.717) is 12.0 Å². The van der Waals surface area contributed by atoms with Gasteiger partial charge in [-0.05, 0) is 31.2 Å². The Bertz CT molecular complexity index is 476. The van der Waals surface area contributed by atoms with Crippen molar-refractivity contribution in [3.63, 3.8) is 0 Å². The van der Waals surface area contributed by atoms with Gasteiger partial charge in [0.15, 0.2) is 5.96 Å². The molecule has 122 valence electrons. The van der Waals surface area contributed by atoms with Gasteiger partial charge in [-0.1, -0.05) is 56.0 Å². The van der Waals surface area contributed by atoms with Crippen LogP contribution in [0, 0.1) is 0 Å². The molecule has 0 bridgehead atoms. The molecular formula is C18H28IN3. The minimum atomic E-state index is 0. The molecule has 0 saturated heterocycles. The molecule has 1 aromatic carbocycles. The predicted octanol–water partition coefficient (Wildman–Crippen LogP) is 3.96. The summed E-state index contributed by atoms with van der Waals surface area (Å²) in [6.45, 7) is 0.822. The summed E-state index contributed by atoms with van der Waals surface area (Å²) < 4.78 is 0. The summed E-state index contributed by atoms with van der Waals surface area (Å²) in [7, 11) is 0. The van der Waals surface area contributed by atoms with Crippen LogP contribution in [0.3, 0.4) is 0 Å². The fraction of sp³-hybridized carbons (Fsp3) is 0.611. The lowest BCUT2D eigenvalue weighted by molar-refractivity contribution is 0.253. The normalized spacial score (nSPS) is 21.5. The van der Waals surface area contributed by atoms with Crippen LogP contribution in [0.1, 0.15) is 56.9 Å². The highest BCUT2D eigenvalue weighted by Gasteiger charge is 2.38. The van der Waals surface area contributed by atoms with Crippen LogP contribution in [0.25, 0.3) is 0 Å². The molecule has 0 unspecified atom stereocenters. The molecule has 3 nitrogen and oxygen atoms in total. The van der Waals surface area contributed by atoms with Crippen LogP contribution in [0.5, 0.6) is 0 Å². The maximum atomic E-state index is 6.11. The number of aliphatic imine (C=N–C) groups is 1. The first-order valence-electron chi connectivity index (χ1n) is 8.41. The van der Waals surface area contributed by atoms with Gasteiger partial charge < -0.3 is 11.1 Å². The van der Waals surface area contributed by atoms with Crippen LogP contribution >= 0.6 is 24.0 Å². The number of benzene rings is 1. The van der Waals surface area contributed by atoms with E-state index >= 15 is 0 Å². The molecule has 22 heavy (non-hydrogen) atoms. The van der Waals surface area contributed by atoms with Crippen molar-refractivity contribution >= 4 is 29.9 Å². The number of nitrogens with one attached hydrogen (secondary N) is 1. The first kappa shape index (κ1) is 17.6. The Morgan fingerprint density at radius 3 is 2.36 bits per heavy atom. The largest absolute Gasteiger partial charge is 0.370 e. The van der Waals surface area contributed by atoms with Crippen molar-refractivity contribution in [2.75, 3.05) is 6.54 Å². The lowest BCUT2D eigenvalue weighted by Gasteiger charge is -2.41. The Balaban J connectivity index is 0.00000176. The Morgan fingerprint density at radius 1 is 1.09 bits per heavy atom. The van der Waals surface area contributed by atoms with Crippen molar-refractivity contribution in [3.05, 3.63) is 35.9 Å². The Labute approximate surface area is 151 Å². The van der Waals surface area contributed by atoms with Crippen molar-refractivity contribution in [2.24, 2.45) is 10.7 Å². The maximum absolute atomic E-state index is 6.11. The van der Waals surface area contributed by atoms with E-state index in [9.17, 15) is 0 Å². The molecule has 0 aliphatic heterocycles. The summed E-state index contributed by atoms with van der Waals surface area (Å²) in [5, 5.41) is 3.42. The molecule has 3 rings (SSSR count). The lowest BCUT2D eigenvalue weighted by Crippen LogP contribution is -2.43. The average molecular weight is 413 g/mol. The van der Waals surface area contributed by atoms with Gasteiger partial charge in [0.25, 0.3) is 0 Å². The lowest BCUT2D eigenvalue weighted by atomic mass is 9.64. The SMILES string of the molecule is I.NC(=NCC1(c2ccccc2)CCC1)NC1CCCCC1. The summed E-state index contributed by atoms with van der Waals surface area (Å²) in [4.78, 5) is 4.67. The molecule has 0 heterocycles. The Kier molecular flexibility index (Phi) is 6.53. The number of nitrogens with two attached hydrogens (primary N) is 1. The number of hydrogen-bond donors (Lipinski definition) is 2. The van der Waals surface area contributed by atoms with Gasteiger partial charge >= 0.3 is 0 Å². The molecule has 2 saturated carbocycles. The smallest absolute Gasteiger partial charge is 0.188 e. The highest BCUT2D eigenvalue weighted by atomic mass is 127. The molecule has 3 N–H and O–H groups in total. The van der Waals surface area contributed by atoms with E-state index in [1.807, 2.05) is 0 Å². The van der Waals surface area contributed by atoms with Gasteiger partial charge in [0.1, 0.15) is 0 Å². The molecule has 2 aliphatic rings. The zero-order valence-electron chi connectivity index (χ0n) is 13.3.